The highest BCUT2D eigenvalue weighted by molar-refractivity contribution is 6.90. The lowest BCUT2D eigenvalue weighted by Crippen LogP contribution is -2.38. The first-order valence-electron chi connectivity index (χ1n) is 30.3. The van der Waals surface area contributed by atoms with Gasteiger partial charge in [0, 0.05) is 28.4 Å². The van der Waals surface area contributed by atoms with Crippen molar-refractivity contribution in [2.45, 2.75) is 84.6 Å². The normalized spacial score (nSPS) is 16.3. The number of benzene rings is 8. The zero-order valence-corrected chi connectivity index (χ0v) is 55.9. The number of nitrogens with zero attached hydrogens (tertiary/aromatic N) is 4. The summed E-state index contributed by atoms with van der Waals surface area (Å²) in [5, 5.41) is 16.7. The third-order valence-corrected chi connectivity index (χ3v) is 25.9. The zero-order chi connectivity index (χ0) is 60.5. The highest BCUT2D eigenvalue weighted by Gasteiger charge is 2.41. The van der Waals surface area contributed by atoms with E-state index in [0.29, 0.717) is 11.3 Å². The van der Waals surface area contributed by atoms with Crippen molar-refractivity contribution in [1.82, 2.24) is 0 Å². The summed E-state index contributed by atoms with van der Waals surface area (Å²) in [7, 11) is -6.73. The van der Waals surface area contributed by atoms with Gasteiger partial charge in [-0.15, -0.1) is 0 Å². The van der Waals surface area contributed by atoms with Gasteiger partial charge in [-0.05, 0) is 110 Å². The third-order valence-electron chi connectivity index (χ3n) is 17.7. The average molecular weight is 1180 g/mol. The number of rotatable bonds is 14. The molecule has 4 aliphatic rings. The number of allylic oxidation sites excluding steroid dienone is 10. The first kappa shape index (κ1) is 57.8. The molecule has 0 aromatic heterocycles. The summed E-state index contributed by atoms with van der Waals surface area (Å²) in [4.78, 5) is 9.07. The van der Waals surface area contributed by atoms with Crippen molar-refractivity contribution in [3.63, 3.8) is 0 Å². The van der Waals surface area contributed by atoms with Gasteiger partial charge in [0.05, 0.1) is 67.5 Å². The largest absolute Gasteiger partial charge is 0.329 e. The van der Waals surface area contributed by atoms with Crippen molar-refractivity contribution in [2.24, 2.45) is 5.92 Å². The molecule has 0 saturated heterocycles. The first-order chi connectivity index (χ1) is 41.1. The van der Waals surface area contributed by atoms with Crippen molar-refractivity contribution in [1.29, 1.82) is 5.26 Å². The van der Waals surface area contributed by atoms with Crippen molar-refractivity contribution >= 4 is 81.5 Å². The molecule has 0 aliphatic heterocycles. The maximum absolute atomic E-state index is 11.1. The van der Waals surface area contributed by atoms with Gasteiger partial charge < -0.3 is 9.80 Å². The fourth-order valence-corrected chi connectivity index (χ4v) is 17.5. The molecule has 0 N–H and O–H groups in total. The van der Waals surface area contributed by atoms with Gasteiger partial charge >= 0.3 is 0 Å². The Morgan fingerprint density at radius 3 is 1.48 bits per heavy atom. The molecule has 424 valence electrons. The van der Waals surface area contributed by atoms with E-state index in [-0.39, 0.29) is 12.0 Å². The summed E-state index contributed by atoms with van der Waals surface area (Å²) in [6.45, 7) is 37.7. The fourth-order valence-electron chi connectivity index (χ4n) is 12.8. The van der Waals surface area contributed by atoms with Crippen LogP contribution in [0.1, 0.15) is 5.56 Å². The highest BCUT2D eigenvalue weighted by atomic mass is 28.3. The third kappa shape index (κ3) is 10.9. The molecule has 4 nitrogen and oxygen atoms in total. The molecular weight excluding hydrogens is 1110 g/mol. The average Bonchev–Trinajstić information content (AvgIpc) is 2.01. The van der Waals surface area contributed by atoms with Crippen LogP contribution in [-0.2, 0) is 0 Å². The molecule has 0 heterocycles. The molecule has 8 aromatic rings. The maximum Gasteiger partial charge on any atom is 0.210 e. The molecule has 86 heavy (non-hydrogen) atoms. The van der Waals surface area contributed by atoms with Crippen molar-refractivity contribution in [3.05, 3.63) is 281 Å². The Labute approximate surface area is 515 Å². The standard InChI is InChI=1S/C78H76N4Si4/c1-80-70-31-15-17-33-76(70)82(75-45-39-58(56-24-19-28-63(47-56)84(5,6)7)51-69(75)60-26-21-30-65(49-60)86(11,12)13)73-43-37-54-34-40-66-72(42-36-53-35-41-67(73)78(54)77(53)66)81(71-32-16-14-22-61(71)52-79)74-44-38-57(55-23-18-27-62(46-55)83(2,3)4)50-68(74)59-25-20-29-64(48-59)85(8,9)10/h14-51,72,78H,2-13H3. The van der Waals surface area contributed by atoms with E-state index in [1.54, 1.807) is 0 Å². The number of nitriles is 1. The number of para-hydroxylation sites is 3. The van der Waals surface area contributed by atoms with Crippen molar-refractivity contribution < 1.29 is 0 Å². The highest BCUT2D eigenvalue weighted by Crippen LogP contribution is 2.54. The summed E-state index contributed by atoms with van der Waals surface area (Å²) in [5.74, 6) is -0.116. The minimum absolute atomic E-state index is 0.116. The molecule has 2 unspecified atom stereocenters. The van der Waals surface area contributed by atoms with Gasteiger partial charge in [-0.1, -0.05) is 281 Å². The Hall–Kier alpha value is -8.61. The van der Waals surface area contributed by atoms with Gasteiger partial charge in [0.25, 0.3) is 0 Å². The quantitative estimate of drug-likeness (QED) is 0.0804. The minimum atomic E-state index is -1.74. The van der Waals surface area contributed by atoms with Gasteiger partial charge in [0.2, 0.25) is 5.69 Å². The predicted octanol–water partition coefficient (Wildman–Crippen LogP) is 19.0. The van der Waals surface area contributed by atoms with E-state index in [0.717, 1.165) is 56.3 Å². The summed E-state index contributed by atoms with van der Waals surface area (Å²) >= 11 is 0. The summed E-state index contributed by atoms with van der Waals surface area (Å²) in [6.07, 6.45) is 18.6. The lowest BCUT2D eigenvalue weighted by molar-refractivity contribution is 0.773. The van der Waals surface area contributed by atoms with Crippen molar-refractivity contribution in [2.75, 3.05) is 9.80 Å². The van der Waals surface area contributed by atoms with Gasteiger partial charge in [-0.2, -0.15) is 5.26 Å². The Bertz CT molecular complexity index is 4390. The Morgan fingerprint density at radius 1 is 0.442 bits per heavy atom. The number of anilines is 4. The summed E-state index contributed by atoms with van der Waals surface area (Å²) in [6, 6.07) is 69.4. The molecule has 4 aliphatic carbocycles. The van der Waals surface area contributed by atoms with Crippen LogP contribution >= 0.6 is 0 Å². The van der Waals surface area contributed by atoms with Crippen LogP contribution in [0.4, 0.5) is 28.4 Å². The predicted molar refractivity (Wildman–Crippen MR) is 380 cm³/mol. The Kier molecular flexibility index (Phi) is 15.0. The molecule has 2 atom stereocenters. The van der Waals surface area contributed by atoms with Crippen LogP contribution in [0.5, 0.6) is 0 Å². The molecule has 0 fully saturated rings. The van der Waals surface area contributed by atoms with Gasteiger partial charge in [-0.25, -0.2) is 4.85 Å². The lowest BCUT2D eigenvalue weighted by atomic mass is 9.67. The van der Waals surface area contributed by atoms with E-state index >= 15 is 0 Å². The maximum atomic E-state index is 11.1. The molecular formula is C78H76N4Si4. The smallest absolute Gasteiger partial charge is 0.210 e. The molecule has 0 saturated carbocycles. The van der Waals surface area contributed by atoms with E-state index in [2.05, 4.69) is 306 Å². The van der Waals surface area contributed by atoms with Crippen LogP contribution < -0.4 is 30.5 Å². The second-order valence-corrected chi connectivity index (χ2v) is 47.9. The van der Waals surface area contributed by atoms with Gasteiger partial charge in [0.1, 0.15) is 6.07 Å². The van der Waals surface area contributed by atoms with E-state index < -0.39 is 32.3 Å². The van der Waals surface area contributed by atoms with Gasteiger partial charge in [0.15, 0.2) is 0 Å². The minimum Gasteiger partial charge on any atom is -0.329 e. The van der Waals surface area contributed by atoms with Crippen molar-refractivity contribution in [3.8, 4) is 50.6 Å². The topological polar surface area (TPSA) is 34.6 Å². The zero-order valence-electron chi connectivity index (χ0n) is 51.9. The lowest BCUT2D eigenvalue weighted by Gasteiger charge is -2.44. The molecule has 0 radical (unpaired) electrons. The SMILES string of the molecule is [C-]#[N+]c1ccccc1N(C1=C2C=CC3=C4C(=CC=C(C=C1)C24)C(N(c1ccccc1C#N)c1ccc(-c2cccc([Si](C)(C)C)c2)cc1-c1cccc([Si](C)(C)C)c1)C=C3)c1ccc(-c2cccc([Si](C)(C)C)c2)cc1-c1cccc([Si](C)(C)C)c1. The number of hydrogen-bond donors (Lipinski definition) is 0. The first-order valence-corrected chi connectivity index (χ1v) is 44.3. The van der Waals surface area contributed by atoms with Gasteiger partial charge in [-0.3, -0.25) is 0 Å². The van der Waals surface area contributed by atoms with Crippen LogP contribution in [0.3, 0.4) is 0 Å². The fraction of sp³-hybridized carbons (Fsp3) is 0.179. The Morgan fingerprint density at radius 2 is 0.930 bits per heavy atom. The van der Waals surface area contributed by atoms with Crippen LogP contribution in [-0.4, -0.2) is 38.3 Å². The second kappa shape index (κ2) is 22.3. The van der Waals surface area contributed by atoms with E-state index in [1.807, 2.05) is 24.3 Å². The van der Waals surface area contributed by atoms with Crippen LogP contribution in [0.15, 0.2) is 264 Å². The number of hydrogen-bond acceptors (Lipinski definition) is 3. The molecule has 0 spiro atoms. The van der Waals surface area contributed by atoms with E-state index in [1.165, 1.54) is 65.3 Å². The monoisotopic (exact) mass is 1180 g/mol. The van der Waals surface area contributed by atoms with E-state index in [9.17, 15) is 5.26 Å². The summed E-state index contributed by atoms with van der Waals surface area (Å²) < 4.78 is 0. The molecule has 8 heteroatoms. The molecule has 12 rings (SSSR count). The molecule has 0 bridgehead atoms. The summed E-state index contributed by atoms with van der Waals surface area (Å²) in [5.41, 5.74) is 21.3. The van der Waals surface area contributed by atoms with Crippen LogP contribution in [0.25, 0.3) is 49.4 Å². The van der Waals surface area contributed by atoms with E-state index in [4.69, 9.17) is 6.57 Å². The van der Waals surface area contributed by atoms with Crippen LogP contribution in [0.2, 0.25) is 78.6 Å². The molecule has 8 aromatic carbocycles. The Balaban J connectivity index is 1.05. The second-order valence-electron chi connectivity index (χ2n) is 27.6. The van der Waals surface area contributed by atoms with Crippen LogP contribution in [0, 0.1) is 23.8 Å². The molecule has 0 amide bonds.